The molecular formula is C14H22ClNO3. The van der Waals surface area contributed by atoms with Gasteiger partial charge in [0.25, 0.3) is 0 Å². The summed E-state index contributed by atoms with van der Waals surface area (Å²) in [6, 6.07) is 7.49. The summed E-state index contributed by atoms with van der Waals surface area (Å²) >= 11 is 6.00. The topological polar surface area (TPSA) is 50.7 Å². The molecule has 0 amide bonds. The van der Waals surface area contributed by atoms with E-state index in [1.807, 2.05) is 45.0 Å². The Kier molecular flexibility index (Phi) is 6.75. The number of aliphatic hydroxyl groups excluding tert-OH is 1. The lowest BCUT2D eigenvalue weighted by molar-refractivity contribution is -0.0899. The molecule has 0 heterocycles. The van der Waals surface area contributed by atoms with Crippen molar-refractivity contribution in [3.63, 3.8) is 0 Å². The van der Waals surface area contributed by atoms with Crippen LogP contribution in [0.4, 0.5) is 0 Å². The van der Waals surface area contributed by atoms with Crippen molar-refractivity contribution >= 4 is 11.6 Å². The maximum Gasteiger partial charge on any atom is 0.0921 e. The Labute approximate surface area is 119 Å². The van der Waals surface area contributed by atoms with Gasteiger partial charge in [-0.05, 0) is 32.4 Å². The van der Waals surface area contributed by atoms with E-state index in [-0.39, 0.29) is 12.2 Å². The second-order valence-corrected chi connectivity index (χ2v) is 5.73. The zero-order valence-corrected chi connectivity index (χ0v) is 12.4. The molecule has 0 radical (unpaired) electrons. The van der Waals surface area contributed by atoms with Gasteiger partial charge >= 0.3 is 0 Å². The minimum Gasteiger partial charge on any atom is -0.389 e. The predicted octanol–water partition coefficient (Wildman–Crippen LogP) is 2.54. The summed E-state index contributed by atoms with van der Waals surface area (Å²) in [5.41, 5.74) is 3.36. The normalized spacial score (nSPS) is 13.5. The molecule has 1 rings (SSSR count). The molecule has 2 N–H and O–H groups in total. The fourth-order valence-corrected chi connectivity index (χ4v) is 1.52. The van der Waals surface area contributed by atoms with Crippen LogP contribution < -0.4 is 5.48 Å². The van der Waals surface area contributed by atoms with Crippen LogP contribution in [0.2, 0.25) is 5.02 Å². The van der Waals surface area contributed by atoms with E-state index in [2.05, 4.69) is 5.48 Å². The van der Waals surface area contributed by atoms with Gasteiger partial charge in [-0.15, -0.1) is 0 Å². The van der Waals surface area contributed by atoms with E-state index in [4.69, 9.17) is 21.2 Å². The third-order valence-electron chi connectivity index (χ3n) is 2.22. The number of halogens is 1. The molecule has 0 fully saturated rings. The Bertz CT molecular complexity index is 379. The van der Waals surface area contributed by atoms with Crippen molar-refractivity contribution in [2.45, 2.75) is 39.1 Å². The minimum absolute atomic E-state index is 0.228. The van der Waals surface area contributed by atoms with Crippen LogP contribution in [0.15, 0.2) is 24.3 Å². The first-order valence-corrected chi connectivity index (χ1v) is 6.66. The first kappa shape index (κ1) is 16.4. The number of hydroxylamine groups is 1. The number of hydrogen-bond donors (Lipinski definition) is 2. The van der Waals surface area contributed by atoms with Gasteiger partial charge in [0.05, 0.1) is 24.9 Å². The molecule has 0 aliphatic heterocycles. The van der Waals surface area contributed by atoms with Crippen molar-refractivity contribution in [1.82, 2.24) is 5.48 Å². The summed E-state index contributed by atoms with van der Waals surface area (Å²) in [6.07, 6.45) is -0.621. The molecule has 5 heteroatoms. The molecule has 0 aromatic heterocycles. The summed E-state index contributed by atoms with van der Waals surface area (Å²) in [7, 11) is 0. The fourth-order valence-electron chi connectivity index (χ4n) is 1.33. The van der Waals surface area contributed by atoms with Crippen molar-refractivity contribution < 1.29 is 14.7 Å². The van der Waals surface area contributed by atoms with Crippen LogP contribution in [-0.4, -0.2) is 30.0 Å². The van der Waals surface area contributed by atoms with Crippen molar-refractivity contribution in [2.75, 3.05) is 13.2 Å². The van der Waals surface area contributed by atoms with E-state index < -0.39 is 6.10 Å². The molecule has 4 nitrogen and oxygen atoms in total. The van der Waals surface area contributed by atoms with E-state index in [1.165, 1.54) is 0 Å². The van der Waals surface area contributed by atoms with Crippen LogP contribution in [0.5, 0.6) is 0 Å². The van der Waals surface area contributed by atoms with Gasteiger partial charge in [-0.3, -0.25) is 4.84 Å². The highest BCUT2D eigenvalue weighted by atomic mass is 35.5. The zero-order valence-electron chi connectivity index (χ0n) is 11.6. The highest BCUT2D eigenvalue weighted by molar-refractivity contribution is 6.31. The van der Waals surface area contributed by atoms with E-state index in [1.54, 1.807) is 0 Å². The number of ether oxygens (including phenoxy) is 1. The second-order valence-electron chi connectivity index (χ2n) is 5.32. The van der Waals surface area contributed by atoms with Gasteiger partial charge in [-0.25, -0.2) is 0 Å². The Morgan fingerprint density at radius 3 is 2.63 bits per heavy atom. The minimum atomic E-state index is -0.621. The smallest absolute Gasteiger partial charge is 0.0921 e. The number of rotatable bonds is 7. The highest BCUT2D eigenvalue weighted by Gasteiger charge is 2.12. The lowest BCUT2D eigenvalue weighted by atomic mass is 10.2. The van der Waals surface area contributed by atoms with Crippen LogP contribution >= 0.6 is 11.6 Å². The molecule has 1 unspecified atom stereocenters. The molecule has 108 valence electrons. The van der Waals surface area contributed by atoms with Gasteiger partial charge < -0.3 is 9.84 Å². The fraction of sp³-hybridized carbons (Fsp3) is 0.571. The predicted molar refractivity (Wildman–Crippen MR) is 76.0 cm³/mol. The third kappa shape index (κ3) is 7.50. The molecule has 0 saturated heterocycles. The molecule has 1 aromatic carbocycles. The Balaban J connectivity index is 2.17. The van der Waals surface area contributed by atoms with Gasteiger partial charge in [0, 0.05) is 11.6 Å². The van der Waals surface area contributed by atoms with Gasteiger partial charge in [-0.2, -0.15) is 5.48 Å². The van der Waals surface area contributed by atoms with Crippen molar-refractivity contribution in [2.24, 2.45) is 0 Å². The molecule has 0 saturated carbocycles. The number of aliphatic hydroxyl groups is 1. The standard InChI is InChI=1S/C14H22ClNO3/c1-14(2,3)19-16-8-12(17)10-18-9-11-6-4-5-7-13(11)15/h4-7,12,16-17H,8-10H2,1-3H3. The van der Waals surface area contributed by atoms with Crippen LogP contribution in [0, 0.1) is 0 Å². The van der Waals surface area contributed by atoms with Crippen molar-refractivity contribution in [1.29, 1.82) is 0 Å². The molecule has 1 aromatic rings. The third-order valence-corrected chi connectivity index (χ3v) is 2.59. The Morgan fingerprint density at radius 1 is 1.32 bits per heavy atom. The maximum atomic E-state index is 9.69. The largest absolute Gasteiger partial charge is 0.389 e. The van der Waals surface area contributed by atoms with Crippen LogP contribution in [0.25, 0.3) is 0 Å². The average Bonchev–Trinajstić information content (AvgIpc) is 2.30. The van der Waals surface area contributed by atoms with Crippen molar-refractivity contribution in [3.8, 4) is 0 Å². The van der Waals surface area contributed by atoms with E-state index >= 15 is 0 Å². The molecule has 19 heavy (non-hydrogen) atoms. The van der Waals surface area contributed by atoms with E-state index in [0.29, 0.717) is 18.2 Å². The lowest BCUT2D eigenvalue weighted by Gasteiger charge is -2.20. The summed E-state index contributed by atoms with van der Waals surface area (Å²) in [4.78, 5) is 5.30. The molecule has 0 bridgehead atoms. The molecule has 0 aliphatic rings. The van der Waals surface area contributed by atoms with E-state index in [9.17, 15) is 5.11 Å². The summed E-state index contributed by atoms with van der Waals surface area (Å²) in [5, 5.41) is 10.4. The Hall–Kier alpha value is -0.650. The highest BCUT2D eigenvalue weighted by Crippen LogP contribution is 2.15. The quantitative estimate of drug-likeness (QED) is 0.757. The first-order valence-electron chi connectivity index (χ1n) is 6.28. The lowest BCUT2D eigenvalue weighted by Crippen LogP contribution is -2.36. The maximum absolute atomic E-state index is 9.69. The van der Waals surface area contributed by atoms with Gasteiger partial charge in [0.15, 0.2) is 0 Å². The van der Waals surface area contributed by atoms with Gasteiger partial charge in [0.2, 0.25) is 0 Å². The monoisotopic (exact) mass is 287 g/mol. The van der Waals surface area contributed by atoms with Crippen LogP contribution in [0.1, 0.15) is 26.3 Å². The number of nitrogens with one attached hydrogen (secondary N) is 1. The zero-order chi connectivity index (χ0) is 14.3. The average molecular weight is 288 g/mol. The summed E-state index contributed by atoms with van der Waals surface area (Å²) in [6.45, 7) is 6.73. The molecular weight excluding hydrogens is 266 g/mol. The SMILES string of the molecule is CC(C)(C)ONCC(O)COCc1ccccc1Cl. The van der Waals surface area contributed by atoms with Gasteiger partial charge in [0.1, 0.15) is 0 Å². The summed E-state index contributed by atoms with van der Waals surface area (Å²) in [5.74, 6) is 0. The molecule has 0 aliphatic carbocycles. The number of hydrogen-bond acceptors (Lipinski definition) is 4. The van der Waals surface area contributed by atoms with Gasteiger partial charge in [-0.1, -0.05) is 29.8 Å². The first-order chi connectivity index (χ1) is 8.88. The number of benzene rings is 1. The van der Waals surface area contributed by atoms with Crippen LogP contribution in [-0.2, 0) is 16.2 Å². The van der Waals surface area contributed by atoms with E-state index in [0.717, 1.165) is 5.56 Å². The second kappa shape index (κ2) is 7.82. The molecule has 1 atom stereocenters. The summed E-state index contributed by atoms with van der Waals surface area (Å²) < 4.78 is 5.41. The Morgan fingerprint density at radius 2 is 2.00 bits per heavy atom. The van der Waals surface area contributed by atoms with Crippen molar-refractivity contribution in [3.05, 3.63) is 34.9 Å². The molecule has 0 spiro atoms. The van der Waals surface area contributed by atoms with Crippen LogP contribution in [0.3, 0.4) is 0 Å².